The number of benzene rings is 1. The van der Waals surface area contributed by atoms with Gasteiger partial charge in [-0.25, -0.2) is 4.98 Å². The zero-order chi connectivity index (χ0) is 17.3. The lowest BCUT2D eigenvalue weighted by Gasteiger charge is -2.08. The Kier molecular flexibility index (Phi) is 4.18. The van der Waals surface area contributed by atoms with Gasteiger partial charge in [-0.05, 0) is 31.2 Å². The summed E-state index contributed by atoms with van der Waals surface area (Å²) >= 11 is 1.14. The van der Waals surface area contributed by atoms with Crippen molar-refractivity contribution in [1.29, 1.82) is 0 Å². The smallest absolute Gasteiger partial charge is 0.422 e. The van der Waals surface area contributed by atoms with Crippen LogP contribution in [0.1, 0.15) is 16.1 Å². The predicted molar refractivity (Wildman–Crippen MR) is 82.6 cm³/mol. The van der Waals surface area contributed by atoms with Gasteiger partial charge in [-0.3, -0.25) is 10.1 Å². The maximum absolute atomic E-state index is 12.2. The highest BCUT2D eigenvalue weighted by Crippen LogP contribution is 2.30. The molecule has 0 spiro atoms. The molecule has 9 heteroatoms. The number of furan rings is 1. The molecular formula is C15H11F3N2O3S. The third-order valence-corrected chi connectivity index (χ3v) is 4.02. The number of carbonyl (C=O) groups excluding carboxylic acids is 1. The van der Waals surface area contributed by atoms with Crippen molar-refractivity contribution in [2.24, 2.45) is 0 Å². The summed E-state index contributed by atoms with van der Waals surface area (Å²) in [5.41, 5.74) is 0.946. The van der Waals surface area contributed by atoms with Crippen molar-refractivity contribution in [2.75, 3.05) is 11.9 Å². The summed E-state index contributed by atoms with van der Waals surface area (Å²) in [5, 5.41) is 2.97. The number of fused-ring (bicyclic) bond motifs is 1. The van der Waals surface area contributed by atoms with Crippen LogP contribution in [-0.2, 0) is 0 Å². The van der Waals surface area contributed by atoms with Crippen LogP contribution in [0.15, 0.2) is 34.9 Å². The molecule has 1 N–H and O–H groups in total. The van der Waals surface area contributed by atoms with E-state index in [0.717, 1.165) is 11.3 Å². The average Bonchev–Trinajstić information content (AvgIpc) is 3.09. The number of nitrogens with zero attached hydrogens (tertiary/aromatic N) is 1. The van der Waals surface area contributed by atoms with Crippen molar-refractivity contribution in [3.05, 3.63) is 41.9 Å². The normalized spacial score (nSPS) is 11.7. The largest absolute Gasteiger partial charge is 0.484 e. The van der Waals surface area contributed by atoms with Crippen molar-refractivity contribution in [3.63, 3.8) is 0 Å². The van der Waals surface area contributed by atoms with Crippen LogP contribution in [-0.4, -0.2) is 23.7 Å². The molecule has 1 aromatic carbocycles. The number of amides is 1. The third kappa shape index (κ3) is 3.67. The molecule has 0 aliphatic carbocycles. The Labute approximate surface area is 138 Å². The summed E-state index contributed by atoms with van der Waals surface area (Å²) in [6.07, 6.45) is -2.99. The topological polar surface area (TPSA) is 64.4 Å². The number of rotatable bonds is 4. The molecule has 2 heterocycles. The molecule has 0 saturated carbocycles. The number of aromatic nitrogens is 1. The molecule has 0 radical (unpaired) electrons. The van der Waals surface area contributed by atoms with Crippen molar-refractivity contribution in [2.45, 2.75) is 13.1 Å². The fraction of sp³-hybridized carbons (Fsp3) is 0.200. The summed E-state index contributed by atoms with van der Waals surface area (Å²) < 4.78 is 46.9. The van der Waals surface area contributed by atoms with Crippen LogP contribution in [0.3, 0.4) is 0 Å². The number of carbonyl (C=O) groups is 1. The van der Waals surface area contributed by atoms with Crippen LogP contribution in [0.4, 0.5) is 18.3 Å². The lowest BCUT2D eigenvalue weighted by atomic mass is 10.2. The molecule has 24 heavy (non-hydrogen) atoms. The van der Waals surface area contributed by atoms with E-state index in [0.29, 0.717) is 26.7 Å². The fourth-order valence-corrected chi connectivity index (χ4v) is 2.89. The summed E-state index contributed by atoms with van der Waals surface area (Å²) in [6.45, 7) is 0.304. The summed E-state index contributed by atoms with van der Waals surface area (Å²) in [6, 6.07) is 5.94. The number of thiazole rings is 1. The molecule has 0 bridgehead atoms. The van der Waals surface area contributed by atoms with Crippen molar-refractivity contribution in [1.82, 2.24) is 4.98 Å². The van der Waals surface area contributed by atoms with E-state index < -0.39 is 12.8 Å². The Morgan fingerprint density at radius 3 is 2.83 bits per heavy atom. The van der Waals surface area contributed by atoms with Crippen LogP contribution in [0.5, 0.6) is 5.75 Å². The van der Waals surface area contributed by atoms with Gasteiger partial charge in [-0.15, -0.1) is 0 Å². The van der Waals surface area contributed by atoms with E-state index >= 15 is 0 Å². The van der Waals surface area contributed by atoms with Crippen LogP contribution in [0, 0.1) is 6.92 Å². The second-order valence-corrected chi connectivity index (χ2v) is 5.93. The van der Waals surface area contributed by atoms with Crippen molar-refractivity contribution in [3.8, 4) is 5.75 Å². The van der Waals surface area contributed by atoms with Gasteiger partial charge in [0.2, 0.25) is 0 Å². The van der Waals surface area contributed by atoms with Gasteiger partial charge in [0.1, 0.15) is 11.5 Å². The average molecular weight is 356 g/mol. The molecule has 0 saturated heterocycles. The number of hydrogen-bond donors (Lipinski definition) is 1. The first kappa shape index (κ1) is 16.3. The van der Waals surface area contributed by atoms with Crippen molar-refractivity contribution < 1.29 is 27.1 Å². The van der Waals surface area contributed by atoms with Gasteiger partial charge in [0.15, 0.2) is 11.7 Å². The Balaban J connectivity index is 1.76. The van der Waals surface area contributed by atoms with Gasteiger partial charge in [-0.2, -0.15) is 13.2 Å². The molecule has 2 aromatic heterocycles. The third-order valence-electron chi connectivity index (χ3n) is 3.09. The molecule has 1 amide bonds. The molecule has 0 atom stereocenters. The fourth-order valence-electron chi connectivity index (χ4n) is 2.00. The SMILES string of the molecule is Cc1occc1C(=O)Nc1nc2ccc(OCC(F)(F)F)cc2s1. The van der Waals surface area contributed by atoms with E-state index in [9.17, 15) is 18.0 Å². The highest BCUT2D eigenvalue weighted by molar-refractivity contribution is 7.22. The molecule has 0 aliphatic rings. The molecule has 3 rings (SSSR count). The van der Waals surface area contributed by atoms with E-state index in [1.165, 1.54) is 24.5 Å². The second-order valence-electron chi connectivity index (χ2n) is 4.90. The Morgan fingerprint density at radius 2 is 2.17 bits per heavy atom. The Bertz CT molecular complexity index is 886. The molecule has 126 valence electrons. The van der Waals surface area contributed by atoms with Gasteiger partial charge in [0.25, 0.3) is 5.91 Å². The lowest BCUT2D eigenvalue weighted by Crippen LogP contribution is -2.19. The first-order chi connectivity index (χ1) is 11.3. The summed E-state index contributed by atoms with van der Waals surface area (Å²) in [5.74, 6) is 0.206. The van der Waals surface area contributed by atoms with Crippen LogP contribution in [0.25, 0.3) is 10.2 Å². The maximum Gasteiger partial charge on any atom is 0.422 e. The molecule has 0 unspecified atom stereocenters. The van der Waals surface area contributed by atoms with E-state index in [2.05, 4.69) is 10.3 Å². The lowest BCUT2D eigenvalue weighted by molar-refractivity contribution is -0.153. The number of alkyl halides is 3. The van der Waals surface area contributed by atoms with Gasteiger partial charge in [0.05, 0.1) is 22.0 Å². The van der Waals surface area contributed by atoms with Gasteiger partial charge >= 0.3 is 6.18 Å². The van der Waals surface area contributed by atoms with Gasteiger partial charge in [-0.1, -0.05) is 11.3 Å². The van der Waals surface area contributed by atoms with Crippen molar-refractivity contribution >= 4 is 32.6 Å². The first-order valence-electron chi connectivity index (χ1n) is 6.77. The van der Waals surface area contributed by atoms with Gasteiger partial charge in [0, 0.05) is 0 Å². The molecule has 5 nitrogen and oxygen atoms in total. The number of ether oxygens (including phenoxy) is 1. The number of halogens is 3. The Hall–Kier alpha value is -2.55. The zero-order valence-electron chi connectivity index (χ0n) is 12.3. The standard InChI is InChI=1S/C15H11F3N2O3S/c1-8-10(4-5-22-8)13(21)20-14-19-11-3-2-9(6-12(11)24-14)23-7-15(16,17)18/h2-6H,7H2,1H3,(H,19,20,21). The molecule has 0 aliphatic heterocycles. The minimum Gasteiger partial charge on any atom is -0.484 e. The van der Waals surface area contributed by atoms with E-state index in [4.69, 9.17) is 9.15 Å². The zero-order valence-corrected chi connectivity index (χ0v) is 13.1. The van der Waals surface area contributed by atoms with Crippen LogP contribution >= 0.6 is 11.3 Å². The predicted octanol–water partition coefficient (Wildman–Crippen LogP) is 4.39. The number of hydrogen-bond acceptors (Lipinski definition) is 5. The summed E-state index contributed by atoms with van der Waals surface area (Å²) in [4.78, 5) is 16.3. The molecule has 3 aromatic rings. The number of anilines is 1. The highest BCUT2D eigenvalue weighted by atomic mass is 32.1. The number of nitrogens with one attached hydrogen (secondary N) is 1. The molecular weight excluding hydrogens is 345 g/mol. The summed E-state index contributed by atoms with van der Waals surface area (Å²) in [7, 11) is 0. The maximum atomic E-state index is 12.2. The minimum atomic E-state index is -4.40. The second kappa shape index (κ2) is 6.16. The Morgan fingerprint density at radius 1 is 1.38 bits per heavy atom. The first-order valence-corrected chi connectivity index (χ1v) is 7.59. The number of aryl methyl sites for hydroxylation is 1. The van der Waals surface area contributed by atoms with Crippen LogP contribution < -0.4 is 10.1 Å². The minimum absolute atomic E-state index is 0.0898. The molecule has 0 fully saturated rings. The van der Waals surface area contributed by atoms with E-state index in [1.54, 1.807) is 13.0 Å². The highest BCUT2D eigenvalue weighted by Gasteiger charge is 2.28. The van der Waals surface area contributed by atoms with E-state index in [1.807, 2.05) is 0 Å². The monoisotopic (exact) mass is 356 g/mol. The van der Waals surface area contributed by atoms with Crippen LogP contribution in [0.2, 0.25) is 0 Å². The van der Waals surface area contributed by atoms with Gasteiger partial charge < -0.3 is 9.15 Å². The van der Waals surface area contributed by atoms with E-state index in [-0.39, 0.29) is 11.7 Å². The quantitative estimate of drug-likeness (QED) is 0.753.